The zero-order valence-corrected chi connectivity index (χ0v) is 12.9. The Bertz CT molecular complexity index is 483. The first-order valence-corrected chi connectivity index (χ1v) is 5.77. The number of piperazine rings is 1. The SMILES string of the molecule is Cl.Cl.Cl.c1cnc2[nH]cc(CN3CCNCC3)c2c1. The zero-order chi connectivity index (χ0) is 10.8. The lowest BCUT2D eigenvalue weighted by Gasteiger charge is -2.26. The molecule has 2 aromatic heterocycles. The van der Waals surface area contributed by atoms with Crippen molar-refractivity contribution in [3.8, 4) is 0 Å². The van der Waals surface area contributed by atoms with Crippen molar-refractivity contribution >= 4 is 48.3 Å². The monoisotopic (exact) mass is 324 g/mol. The lowest BCUT2D eigenvalue weighted by Crippen LogP contribution is -2.42. The third-order valence-electron chi connectivity index (χ3n) is 3.14. The number of aromatic nitrogens is 2. The quantitative estimate of drug-likeness (QED) is 0.890. The molecule has 1 fully saturated rings. The van der Waals surface area contributed by atoms with Gasteiger partial charge in [-0.05, 0) is 17.7 Å². The van der Waals surface area contributed by atoms with Crippen molar-refractivity contribution in [2.75, 3.05) is 26.2 Å². The van der Waals surface area contributed by atoms with Crippen LogP contribution in [-0.4, -0.2) is 41.0 Å². The van der Waals surface area contributed by atoms with Crippen LogP contribution in [-0.2, 0) is 6.54 Å². The first-order chi connectivity index (χ1) is 7.93. The van der Waals surface area contributed by atoms with Crippen LogP contribution in [0.5, 0.6) is 0 Å². The summed E-state index contributed by atoms with van der Waals surface area (Å²) < 4.78 is 0. The van der Waals surface area contributed by atoms with Crippen molar-refractivity contribution in [1.82, 2.24) is 20.2 Å². The fourth-order valence-electron chi connectivity index (χ4n) is 2.25. The summed E-state index contributed by atoms with van der Waals surface area (Å²) in [6.45, 7) is 5.48. The van der Waals surface area contributed by atoms with Gasteiger partial charge in [-0.3, -0.25) is 4.90 Å². The number of hydrogen-bond acceptors (Lipinski definition) is 3. The number of nitrogens with zero attached hydrogens (tertiary/aromatic N) is 2. The summed E-state index contributed by atoms with van der Waals surface area (Å²) in [5, 5.41) is 4.62. The first kappa shape index (κ1) is 18.5. The number of H-pyrrole nitrogens is 1. The molecule has 0 amide bonds. The van der Waals surface area contributed by atoms with Crippen LogP contribution in [0.2, 0.25) is 0 Å². The van der Waals surface area contributed by atoms with Gasteiger partial charge < -0.3 is 10.3 Å². The Morgan fingerprint density at radius 2 is 1.89 bits per heavy atom. The summed E-state index contributed by atoms with van der Waals surface area (Å²) in [5.41, 5.74) is 2.35. The van der Waals surface area contributed by atoms with Crippen molar-refractivity contribution in [2.45, 2.75) is 6.54 Å². The molecule has 0 radical (unpaired) electrons. The van der Waals surface area contributed by atoms with Gasteiger partial charge in [-0.2, -0.15) is 0 Å². The van der Waals surface area contributed by atoms with Crippen molar-refractivity contribution in [2.24, 2.45) is 0 Å². The molecule has 108 valence electrons. The van der Waals surface area contributed by atoms with Crippen LogP contribution in [0.3, 0.4) is 0 Å². The number of aromatic amines is 1. The van der Waals surface area contributed by atoms with Crippen LogP contribution >= 0.6 is 37.2 Å². The van der Waals surface area contributed by atoms with E-state index in [9.17, 15) is 0 Å². The van der Waals surface area contributed by atoms with E-state index in [-0.39, 0.29) is 37.2 Å². The number of nitrogens with one attached hydrogen (secondary N) is 2. The number of rotatable bonds is 2. The Hall–Kier alpha value is -0.520. The second-order valence-electron chi connectivity index (χ2n) is 4.24. The molecule has 2 aromatic rings. The van der Waals surface area contributed by atoms with E-state index in [0.717, 1.165) is 38.4 Å². The maximum Gasteiger partial charge on any atom is 0.137 e. The molecule has 0 aromatic carbocycles. The van der Waals surface area contributed by atoms with Crippen LogP contribution in [0.25, 0.3) is 11.0 Å². The van der Waals surface area contributed by atoms with Crippen LogP contribution in [0.1, 0.15) is 5.56 Å². The highest BCUT2D eigenvalue weighted by Gasteiger charge is 2.12. The standard InChI is InChI=1S/C12H16N4.3ClH/c1-2-11-10(8-15-12(11)14-3-1)9-16-6-4-13-5-7-16;;;/h1-3,8,13H,4-7,9H2,(H,14,15);3*1H. The third kappa shape index (κ3) is 4.23. The Labute approximate surface area is 131 Å². The summed E-state index contributed by atoms with van der Waals surface area (Å²) in [4.78, 5) is 10.0. The molecular formula is C12H19Cl3N4. The van der Waals surface area contributed by atoms with Gasteiger partial charge in [0.1, 0.15) is 5.65 Å². The van der Waals surface area contributed by atoms with E-state index in [1.807, 2.05) is 12.3 Å². The molecular weight excluding hydrogens is 307 g/mol. The van der Waals surface area contributed by atoms with Gasteiger partial charge in [0.05, 0.1) is 0 Å². The maximum absolute atomic E-state index is 4.31. The Balaban J connectivity index is 0.00000108. The molecule has 0 atom stereocenters. The summed E-state index contributed by atoms with van der Waals surface area (Å²) in [5.74, 6) is 0. The number of fused-ring (bicyclic) bond motifs is 1. The first-order valence-electron chi connectivity index (χ1n) is 5.77. The fourth-order valence-corrected chi connectivity index (χ4v) is 2.25. The zero-order valence-electron chi connectivity index (χ0n) is 10.5. The highest BCUT2D eigenvalue weighted by molar-refractivity contribution is 5.86. The van der Waals surface area contributed by atoms with Gasteiger partial charge in [-0.1, -0.05) is 0 Å². The van der Waals surface area contributed by atoms with Gasteiger partial charge in [0.25, 0.3) is 0 Å². The Morgan fingerprint density at radius 1 is 1.16 bits per heavy atom. The molecule has 0 spiro atoms. The number of pyridine rings is 1. The van der Waals surface area contributed by atoms with Gasteiger partial charge in [0, 0.05) is 50.5 Å². The van der Waals surface area contributed by atoms with E-state index in [4.69, 9.17) is 0 Å². The minimum Gasteiger partial charge on any atom is -0.346 e. The second kappa shape index (κ2) is 8.61. The third-order valence-corrected chi connectivity index (χ3v) is 3.14. The van der Waals surface area contributed by atoms with E-state index in [1.54, 1.807) is 0 Å². The van der Waals surface area contributed by atoms with Crippen molar-refractivity contribution < 1.29 is 0 Å². The lowest BCUT2D eigenvalue weighted by molar-refractivity contribution is 0.234. The minimum absolute atomic E-state index is 0. The van der Waals surface area contributed by atoms with Gasteiger partial charge in [0.2, 0.25) is 0 Å². The topological polar surface area (TPSA) is 44.0 Å². The summed E-state index contributed by atoms with van der Waals surface area (Å²) in [6.07, 6.45) is 3.91. The molecule has 0 unspecified atom stereocenters. The van der Waals surface area contributed by atoms with Crippen molar-refractivity contribution in [3.63, 3.8) is 0 Å². The van der Waals surface area contributed by atoms with E-state index in [0.29, 0.717) is 0 Å². The molecule has 0 saturated carbocycles. The molecule has 4 nitrogen and oxygen atoms in total. The maximum atomic E-state index is 4.31. The average molecular weight is 326 g/mol. The average Bonchev–Trinajstić information content (AvgIpc) is 2.74. The van der Waals surface area contributed by atoms with E-state index in [2.05, 4.69) is 32.4 Å². The largest absolute Gasteiger partial charge is 0.346 e. The predicted octanol–water partition coefficient (Wildman–Crippen LogP) is 2.23. The normalized spacial score (nSPS) is 15.2. The van der Waals surface area contributed by atoms with Crippen LogP contribution in [0, 0.1) is 0 Å². The van der Waals surface area contributed by atoms with Gasteiger partial charge in [-0.15, -0.1) is 37.2 Å². The fraction of sp³-hybridized carbons (Fsp3) is 0.417. The van der Waals surface area contributed by atoms with Crippen molar-refractivity contribution in [1.29, 1.82) is 0 Å². The summed E-state index contributed by atoms with van der Waals surface area (Å²) in [6, 6.07) is 4.13. The minimum atomic E-state index is 0. The van der Waals surface area contributed by atoms with Crippen LogP contribution < -0.4 is 5.32 Å². The lowest BCUT2D eigenvalue weighted by atomic mass is 10.2. The van der Waals surface area contributed by atoms with Crippen molar-refractivity contribution in [3.05, 3.63) is 30.1 Å². The van der Waals surface area contributed by atoms with Gasteiger partial charge >= 0.3 is 0 Å². The second-order valence-corrected chi connectivity index (χ2v) is 4.24. The summed E-state index contributed by atoms with van der Waals surface area (Å²) >= 11 is 0. The van der Waals surface area contributed by atoms with E-state index in [1.165, 1.54) is 10.9 Å². The molecule has 1 aliphatic heterocycles. The molecule has 19 heavy (non-hydrogen) atoms. The molecule has 1 aliphatic rings. The molecule has 3 rings (SSSR count). The molecule has 0 bridgehead atoms. The predicted molar refractivity (Wildman–Crippen MR) is 86.0 cm³/mol. The molecule has 7 heteroatoms. The highest BCUT2D eigenvalue weighted by atomic mass is 35.5. The van der Waals surface area contributed by atoms with E-state index < -0.39 is 0 Å². The number of hydrogen-bond donors (Lipinski definition) is 2. The Kier molecular flexibility index (Phi) is 8.38. The molecule has 1 saturated heterocycles. The summed E-state index contributed by atoms with van der Waals surface area (Å²) in [7, 11) is 0. The van der Waals surface area contributed by atoms with E-state index >= 15 is 0 Å². The molecule has 3 heterocycles. The van der Waals surface area contributed by atoms with Gasteiger partial charge in [0.15, 0.2) is 0 Å². The van der Waals surface area contributed by atoms with Crippen LogP contribution in [0.4, 0.5) is 0 Å². The molecule has 0 aliphatic carbocycles. The Morgan fingerprint density at radius 3 is 2.63 bits per heavy atom. The van der Waals surface area contributed by atoms with Gasteiger partial charge in [-0.25, -0.2) is 4.98 Å². The van der Waals surface area contributed by atoms with Crippen LogP contribution in [0.15, 0.2) is 24.5 Å². The molecule has 2 N–H and O–H groups in total. The smallest absolute Gasteiger partial charge is 0.137 e. The highest BCUT2D eigenvalue weighted by Crippen LogP contribution is 2.17. The number of halogens is 3.